The summed E-state index contributed by atoms with van der Waals surface area (Å²) in [7, 11) is -3.60. The van der Waals surface area contributed by atoms with Gasteiger partial charge >= 0.3 is 0 Å². The Morgan fingerprint density at radius 3 is 2.71 bits per heavy atom. The highest BCUT2D eigenvalue weighted by Gasteiger charge is 2.12. The van der Waals surface area contributed by atoms with E-state index in [0.29, 0.717) is 24.2 Å². The maximum absolute atomic E-state index is 11.6. The molecular formula is C11H15N3O2S. The van der Waals surface area contributed by atoms with E-state index in [9.17, 15) is 8.42 Å². The lowest BCUT2D eigenvalue weighted by atomic mass is 10.1. The lowest BCUT2D eigenvalue weighted by molar-refractivity contribution is 0.586. The summed E-state index contributed by atoms with van der Waals surface area (Å²) in [6.07, 6.45) is 0.708. The van der Waals surface area contributed by atoms with E-state index in [2.05, 4.69) is 9.44 Å². The first-order valence-corrected chi connectivity index (χ1v) is 6.75. The van der Waals surface area contributed by atoms with Crippen molar-refractivity contribution >= 4 is 15.9 Å². The number of nitrogens with zero attached hydrogens (tertiary/aromatic N) is 1. The Balaban J connectivity index is 2.97. The fraction of sp³-hybridized carbons (Fsp3) is 0.364. The summed E-state index contributed by atoms with van der Waals surface area (Å²) in [4.78, 5) is 0. The van der Waals surface area contributed by atoms with Gasteiger partial charge in [0.2, 0.25) is 0 Å². The highest BCUT2D eigenvalue weighted by Crippen LogP contribution is 2.18. The molecule has 2 N–H and O–H groups in total. The molecule has 0 atom stereocenters. The molecule has 0 aliphatic rings. The predicted molar refractivity (Wildman–Crippen MR) is 66.7 cm³/mol. The van der Waals surface area contributed by atoms with E-state index in [1.165, 1.54) is 0 Å². The number of hydrogen-bond acceptors (Lipinski definition) is 3. The van der Waals surface area contributed by atoms with Gasteiger partial charge < -0.3 is 0 Å². The SMILES string of the molecule is CCCNS(=O)(=O)Nc1cccc(C)c1C#N. The van der Waals surface area contributed by atoms with E-state index in [0.717, 1.165) is 5.56 Å². The summed E-state index contributed by atoms with van der Waals surface area (Å²) in [5.41, 5.74) is 1.38. The minimum absolute atomic E-state index is 0.302. The highest BCUT2D eigenvalue weighted by molar-refractivity contribution is 7.90. The van der Waals surface area contributed by atoms with Gasteiger partial charge in [-0.15, -0.1) is 0 Å². The number of hydrogen-bond donors (Lipinski definition) is 2. The van der Waals surface area contributed by atoms with Gasteiger partial charge in [0.1, 0.15) is 6.07 Å². The van der Waals surface area contributed by atoms with Gasteiger partial charge in [-0.3, -0.25) is 4.72 Å². The van der Waals surface area contributed by atoms with Gasteiger partial charge in [0.05, 0.1) is 11.3 Å². The molecule has 0 aromatic heterocycles. The molecule has 5 nitrogen and oxygen atoms in total. The number of rotatable bonds is 5. The van der Waals surface area contributed by atoms with Gasteiger partial charge in [0, 0.05) is 6.54 Å². The molecule has 92 valence electrons. The van der Waals surface area contributed by atoms with Crippen molar-refractivity contribution in [2.24, 2.45) is 0 Å². The van der Waals surface area contributed by atoms with Gasteiger partial charge in [-0.1, -0.05) is 19.1 Å². The quantitative estimate of drug-likeness (QED) is 0.834. The monoisotopic (exact) mass is 253 g/mol. The van der Waals surface area contributed by atoms with Crippen LogP contribution in [0.3, 0.4) is 0 Å². The smallest absolute Gasteiger partial charge is 0.270 e. The zero-order valence-corrected chi connectivity index (χ0v) is 10.6. The van der Waals surface area contributed by atoms with E-state index in [1.807, 2.05) is 13.0 Å². The number of nitriles is 1. The van der Waals surface area contributed by atoms with Crippen molar-refractivity contribution in [2.75, 3.05) is 11.3 Å². The molecule has 0 bridgehead atoms. The molecule has 0 aliphatic carbocycles. The number of anilines is 1. The van der Waals surface area contributed by atoms with Crippen LogP contribution in [0.1, 0.15) is 24.5 Å². The third kappa shape index (κ3) is 3.73. The first-order chi connectivity index (χ1) is 8.00. The lowest BCUT2D eigenvalue weighted by Gasteiger charge is -2.10. The molecule has 0 amide bonds. The molecule has 0 saturated carbocycles. The van der Waals surface area contributed by atoms with Crippen molar-refractivity contribution in [3.8, 4) is 6.07 Å². The minimum Gasteiger partial charge on any atom is -0.270 e. The maximum atomic E-state index is 11.6. The normalized spacial score (nSPS) is 10.9. The van der Waals surface area contributed by atoms with Crippen molar-refractivity contribution in [1.29, 1.82) is 5.26 Å². The first-order valence-electron chi connectivity index (χ1n) is 5.27. The number of aryl methyl sites for hydroxylation is 1. The molecule has 1 aromatic carbocycles. The van der Waals surface area contributed by atoms with Gasteiger partial charge in [-0.2, -0.15) is 18.4 Å². The summed E-state index contributed by atoms with van der Waals surface area (Å²) in [6, 6.07) is 7.02. The maximum Gasteiger partial charge on any atom is 0.299 e. The topological polar surface area (TPSA) is 82.0 Å². The summed E-state index contributed by atoms with van der Waals surface area (Å²) < 4.78 is 27.9. The minimum atomic E-state index is -3.60. The van der Waals surface area contributed by atoms with Crippen molar-refractivity contribution in [2.45, 2.75) is 20.3 Å². The van der Waals surface area contributed by atoms with E-state index in [1.54, 1.807) is 25.1 Å². The van der Waals surface area contributed by atoms with Gasteiger partial charge in [-0.25, -0.2) is 0 Å². The van der Waals surface area contributed by atoms with Crippen LogP contribution in [0, 0.1) is 18.3 Å². The van der Waals surface area contributed by atoms with Gasteiger partial charge in [-0.05, 0) is 25.0 Å². The molecular weight excluding hydrogens is 238 g/mol. The molecule has 0 unspecified atom stereocenters. The zero-order valence-electron chi connectivity index (χ0n) is 9.82. The number of nitrogens with one attached hydrogen (secondary N) is 2. The van der Waals surface area contributed by atoms with Crippen LogP contribution in [-0.4, -0.2) is 15.0 Å². The standard InChI is InChI=1S/C11H15N3O2S/c1-3-7-13-17(15,16)14-11-6-4-5-9(2)10(11)8-12/h4-6,13-14H,3,7H2,1-2H3. The molecule has 0 heterocycles. The molecule has 1 rings (SSSR count). The average Bonchev–Trinajstić information content (AvgIpc) is 2.26. The van der Waals surface area contributed by atoms with Crippen molar-refractivity contribution in [3.63, 3.8) is 0 Å². The van der Waals surface area contributed by atoms with Gasteiger partial charge in [0.15, 0.2) is 0 Å². The van der Waals surface area contributed by atoms with Crippen LogP contribution in [0.5, 0.6) is 0 Å². The first kappa shape index (κ1) is 13.5. The Bertz CT molecular complexity index is 532. The van der Waals surface area contributed by atoms with Crippen LogP contribution in [0.4, 0.5) is 5.69 Å². The van der Waals surface area contributed by atoms with E-state index >= 15 is 0 Å². The third-order valence-corrected chi connectivity index (χ3v) is 3.24. The summed E-state index contributed by atoms with van der Waals surface area (Å²) >= 11 is 0. The van der Waals surface area contributed by atoms with E-state index < -0.39 is 10.2 Å². The van der Waals surface area contributed by atoms with Crippen molar-refractivity contribution < 1.29 is 8.42 Å². The molecule has 0 saturated heterocycles. The fourth-order valence-corrected chi connectivity index (χ4v) is 2.32. The van der Waals surface area contributed by atoms with E-state index in [-0.39, 0.29) is 0 Å². The van der Waals surface area contributed by atoms with Crippen LogP contribution >= 0.6 is 0 Å². The number of benzene rings is 1. The molecule has 0 radical (unpaired) electrons. The van der Waals surface area contributed by atoms with Crippen LogP contribution < -0.4 is 9.44 Å². The van der Waals surface area contributed by atoms with Crippen molar-refractivity contribution in [1.82, 2.24) is 4.72 Å². The molecule has 1 aromatic rings. The van der Waals surface area contributed by atoms with Crippen LogP contribution in [-0.2, 0) is 10.2 Å². The average molecular weight is 253 g/mol. The molecule has 0 fully saturated rings. The Hall–Kier alpha value is -1.58. The molecule has 17 heavy (non-hydrogen) atoms. The fourth-order valence-electron chi connectivity index (χ4n) is 1.32. The second-order valence-electron chi connectivity index (χ2n) is 3.61. The van der Waals surface area contributed by atoms with E-state index in [4.69, 9.17) is 5.26 Å². The Labute approximate surface area is 102 Å². The zero-order chi connectivity index (χ0) is 12.9. The Morgan fingerprint density at radius 1 is 1.41 bits per heavy atom. The van der Waals surface area contributed by atoms with Crippen LogP contribution in [0.25, 0.3) is 0 Å². The summed E-state index contributed by atoms with van der Waals surface area (Å²) in [6.45, 7) is 3.99. The highest BCUT2D eigenvalue weighted by atomic mass is 32.2. The van der Waals surface area contributed by atoms with Crippen molar-refractivity contribution in [3.05, 3.63) is 29.3 Å². The largest absolute Gasteiger partial charge is 0.299 e. The molecule has 0 spiro atoms. The third-order valence-electron chi connectivity index (χ3n) is 2.17. The summed E-state index contributed by atoms with van der Waals surface area (Å²) in [5.74, 6) is 0. The molecule has 0 aliphatic heterocycles. The Morgan fingerprint density at radius 2 is 2.12 bits per heavy atom. The molecule has 6 heteroatoms. The summed E-state index contributed by atoms with van der Waals surface area (Å²) in [5, 5.41) is 8.97. The predicted octanol–water partition coefficient (Wildman–Crippen LogP) is 1.52. The van der Waals surface area contributed by atoms with Crippen LogP contribution in [0.2, 0.25) is 0 Å². The van der Waals surface area contributed by atoms with Gasteiger partial charge in [0.25, 0.3) is 10.2 Å². The second kappa shape index (κ2) is 5.66. The second-order valence-corrected chi connectivity index (χ2v) is 5.11. The lowest BCUT2D eigenvalue weighted by Crippen LogP contribution is -2.31. The Kier molecular flexibility index (Phi) is 4.49. The van der Waals surface area contributed by atoms with Crippen LogP contribution in [0.15, 0.2) is 18.2 Å².